The normalized spacial score (nSPS) is 10.5. The van der Waals surface area contributed by atoms with Crippen LogP contribution in [0.5, 0.6) is 5.75 Å². The van der Waals surface area contributed by atoms with E-state index in [-0.39, 0.29) is 5.82 Å². The van der Waals surface area contributed by atoms with Crippen LogP contribution in [-0.2, 0) is 13.5 Å². The van der Waals surface area contributed by atoms with Crippen molar-refractivity contribution in [1.82, 2.24) is 9.78 Å². The summed E-state index contributed by atoms with van der Waals surface area (Å²) in [6.07, 6.45) is 0.669. The number of anilines is 1. The molecular formula is C12H14FN3O. The van der Waals surface area contributed by atoms with E-state index in [0.717, 1.165) is 5.69 Å². The predicted molar refractivity (Wildman–Crippen MR) is 63.2 cm³/mol. The fourth-order valence-corrected chi connectivity index (χ4v) is 1.47. The molecule has 0 spiro atoms. The van der Waals surface area contributed by atoms with E-state index in [4.69, 9.17) is 10.5 Å². The fraction of sp³-hybridized carbons (Fsp3) is 0.250. The van der Waals surface area contributed by atoms with Gasteiger partial charge in [-0.15, -0.1) is 0 Å². The minimum Gasteiger partial charge on any atom is -0.493 e. The summed E-state index contributed by atoms with van der Waals surface area (Å²) in [7, 11) is 1.79. The van der Waals surface area contributed by atoms with Crippen LogP contribution in [0.1, 0.15) is 5.69 Å². The first-order chi connectivity index (χ1) is 8.15. The number of aryl methyl sites for hydroxylation is 1. The molecule has 1 aromatic heterocycles. The molecule has 17 heavy (non-hydrogen) atoms. The molecule has 1 aromatic carbocycles. The maximum atomic E-state index is 12.6. The van der Waals surface area contributed by atoms with Crippen molar-refractivity contribution in [3.8, 4) is 5.75 Å². The van der Waals surface area contributed by atoms with E-state index in [9.17, 15) is 4.39 Å². The van der Waals surface area contributed by atoms with Crippen LogP contribution in [0.25, 0.3) is 0 Å². The Kier molecular flexibility index (Phi) is 3.27. The molecule has 90 valence electrons. The quantitative estimate of drug-likeness (QED) is 0.878. The van der Waals surface area contributed by atoms with Gasteiger partial charge in [0.1, 0.15) is 17.4 Å². The molecule has 0 atom stereocenters. The number of halogens is 1. The standard InChI is InChI=1S/C12H14FN3O/c1-16-12(14)8-10(15-16)6-7-17-11-4-2-9(13)3-5-11/h2-5,8H,6-7,14H2,1H3. The van der Waals surface area contributed by atoms with Crippen molar-refractivity contribution in [2.75, 3.05) is 12.3 Å². The summed E-state index contributed by atoms with van der Waals surface area (Å²) in [6, 6.07) is 7.75. The van der Waals surface area contributed by atoms with Crippen LogP contribution in [0.15, 0.2) is 30.3 Å². The van der Waals surface area contributed by atoms with E-state index < -0.39 is 0 Å². The lowest BCUT2D eigenvalue weighted by Gasteiger charge is -2.04. The molecule has 1 heterocycles. The van der Waals surface area contributed by atoms with Gasteiger partial charge in [0.15, 0.2) is 0 Å². The molecule has 5 heteroatoms. The summed E-state index contributed by atoms with van der Waals surface area (Å²) in [5, 5.41) is 4.21. The average molecular weight is 235 g/mol. The van der Waals surface area contributed by atoms with Gasteiger partial charge < -0.3 is 10.5 Å². The van der Waals surface area contributed by atoms with E-state index in [2.05, 4.69) is 5.10 Å². The third-order valence-electron chi connectivity index (χ3n) is 2.41. The summed E-state index contributed by atoms with van der Waals surface area (Å²) in [5.74, 6) is 1.01. The summed E-state index contributed by atoms with van der Waals surface area (Å²) >= 11 is 0. The van der Waals surface area contributed by atoms with Gasteiger partial charge in [-0.05, 0) is 24.3 Å². The highest BCUT2D eigenvalue weighted by Crippen LogP contribution is 2.12. The van der Waals surface area contributed by atoms with Crippen molar-refractivity contribution < 1.29 is 9.13 Å². The van der Waals surface area contributed by atoms with Crippen LogP contribution in [0.2, 0.25) is 0 Å². The van der Waals surface area contributed by atoms with E-state index in [0.29, 0.717) is 24.6 Å². The average Bonchev–Trinajstić information content (AvgIpc) is 2.61. The second-order valence-corrected chi connectivity index (χ2v) is 3.74. The van der Waals surface area contributed by atoms with Gasteiger partial charge in [0.2, 0.25) is 0 Å². The minimum atomic E-state index is -0.269. The van der Waals surface area contributed by atoms with Gasteiger partial charge in [-0.2, -0.15) is 5.10 Å². The lowest BCUT2D eigenvalue weighted by Crippen LogP contribution is -2.02. The second kappa shape index (κ2) is 4.86. The molecule has 0 bridgehead atoms. The Morgan fingerprint density at radius 2 is 2.06 bits per heavy atom. The molecule has 0 saturated heterocycles. The number of benzene rings is 1. The molecular weight excluding hydrogens is 221 g/mol. The van der Waals surface area contributed by atoms with Crippen molar-refractivity contribution >= 4 is 5.82 Å². The Hall–Kier alpha value is -2.04. The summed E-state index contributed by atoms with van der Waals surface area (Å²) in [4.78, 5) is 0. The molecule has 2 N–H and O–H groups in total. The maximum absolute atomic E-state index is 12.6. The molecule has 2 aromatic rings. The van der Waals surface area contributed by atoms with Gasteiger partial charge in [-0.1, -0.05) is 0 Å². The third kappa shape index (κ3) is 2.96. The first-order valence-corrected chi connectivity index (χ1v) is 5.32. The number of hydrogen-bond acceptors (Lipinski definition) is 3. The number of rotatable bonds is 4. The zero-order valence-electron chi connectivity index (χ0n) is 9.56. The molecule has 0 unspecified atom stereocenters. The monoisotopic (exact) mass is 235 g/mol. The Bertz CT molecular complexity index is 473. The number of ether oxygens (including phenoxy) is 1. The summed E-state index contributed by atoms with van der Waals surface area (Å²) in [5.41, 5.74) is 6.54. The molecule has 2 rings (SSSR count). The van der Waals surface area contributed by atoms with Crippen LogP contribution in [0.4, 0.5) is 10.2 Å². The highest BCUT2D eigenvalue weighted by atomic mass is 19.1. The lowest BCUT2D eigenvalue weighted by molar-refractivity contribution is 0.319. The maximum Gasteiger partial charge on any atom is 0.123 e. The number of hydrogen-bond donors (Lipinski definition) is 1. The molecule has 0 amide bonds. The van der Waals surface area contributed by atoms with Crippen LogP contribution >= 0.6 is 0 Å². The Morgan fingerprint density at radius 3 is 2.65 bits per heavy atom. The third-order valence-corrected chi connectivity index (χ3v) is 2.41. The summed E-state index contributed by atoms with van der Waals surface area (Å²) in [6.45, 7) is 0.488. The van der Waals surface area contributed by atoms with Gasteiger partial charge in [0.05, 0.1) is 12.3 Å². The van der Waals surface area contributed by atoms with Gasteiger partial charge in [0.25, 0.3) is 0 Å². The smallest absolute Gasteiger partial charge is 0.123 e. The van der Waals surface area contributed by atoms with Gasteiger partial charge >= 0.3 is 0 Å². The van der Waals surface area contributed by atoms with Crippen molar-refractivity contribution in [3.63, 3.8) is 0 Å². The highest BCUT2D eigenvalue weighted by Gasteiger charge is 2.02. The van der Waals surface area contributed by atoms with Crippen molar-refractivity contribution in [3.05, 3.63) is 41.8 Å². The van der Waals surface area contributed by atoms with Crippen LogP contribution in [0, 0.1) is 5.82 Å². The second-order valence-electron chi connectivity index (χ2n) is 3.74. The predicted octanol–water partition coefficient (Wildman–Crippen LogP) is 1.76. The lowest BCUT2D eigenvalue weighted by atomic mass is 10.3. The zero-order valence-corrected chi connectivity index (χ0v) is 9.56. The molecule has 0 fully saturated rings. The number of aromatic nitrogens is 2. The van der Waals surface area contributed by atoms with Crippen LogP contribution < -0.4 is 10.5 Å². The first-order valence-electron chi connectivity index (χ1n) is 5.32. The number of nitrogen functional groups attached to an aromatic ring is 1. The van der Waals surface area contributed by atoms with E-state index in [1.54, 1.807) is 23.9 Å². The van der Waals surface area contributed by atoms with Gasteiger partial charge in [0, 0.05) is 19.5 Å². The molecule has 0 aliphatic heterocycles. The highest BCUT2D eigenvalue weighted by molar-refractivity contribution is 5.30. The van der Waals surface area contributed by atoms with Crippen LogP contribution in [-0.4, -0.2) is 16.4 Å². The minimum absolute atomic E-state index is 0.269. The molecule has 0 aliphatic carbocycles. The Labute approximate surface area is 98.8 Å². The Balaban J connectivity index is 1.85. The SMILES string of the molecule is Cn1nc(CCOc2ccc(F)cc2)cc1N. The molecule has 0 saturated carbocycles. The van der Waals surface area contributed by atoms with Crippen molar-refractivity contribution in [2.45, 2.75) is 6.42 Å². The van der Waals surface area contributed by atoms with Gasteiger partial charge in [-0.25, -0.2) is 4.39 Å². The van der Waals surface area contributed by atoms with Crippen molar-refractivity contribution in [2.24, 2.45) is 7.05 Å². The van der Waals surface area contributed by atoms with Crippen LogP contribution in [0.3, 0.4) is 0 Å². The van der Waals surface area contributed by atoms with E-state index in [1.165, 1.54) is 12.1 Å². The number of nitrogens with zero attached hydrogens (tertiary/aromatic N) is 2. The first kappa shape index (κ1) is 11.4. The molecule has 4 nitrogen and oxygen atoms in total. The van der Waals surface area contributed by atoms with E-state index >= 15 is 0 Å². The topological polar surface area (TPSA) is 53.1 Å². The van der Waals surface area contributed by atoms with Gasteiger partial charge in [-0.3, -0.25) is 4.68 Å². The molecule has 0 radical (unpaired) electrons. The largest absolute Gasteiger partial charge is 0.493 e. The zero-order chi connectivity index (χ0) is 12.3. The summed E-state index contributed by atoms with van der Waals surface area (Å²) < 4.78 is 19.7. The van der Waals surface area contributed by atoms with Crippen molar-refractivity contribution in [1.29, 1.82) is 0 Å². The molecule has 0 aliphatic rings. The fourth-order valence-electron chi connectivity index (χ4n) is 1.47. The Morgan fingerprint density at radius 1 is 1.35 bits per heavy atom. The number of nitrogens with two attached hydrogens (primary N) is 1. The van der Waals surface area contributed by atoms with E-state index in [1.807, 2.05) is 6.07 Å².